The lowest BCUT2D eigenvalue weighted by Crippen LogP contribution is -2.31. The van der Waals surface area contributed by atoms with Gasteiger partial charge >= 0.3 is 0 Å². The number of fused-ring (bicyclic) bond motifs is 2. The highest BCUT2D eigenvalue weighted by Gasteiger charge is 2.38. The molecule has 0 bridgehead atoms. The fraction of sp³-hybridized carbons (Fsp3) is 0.0600. The lowest BCUT2D eigenvalue weighted by atomic mass is 9.72. The van der Waals surface area contributed by atoms with Gasteiger partial charge in [-0.15, -0.1) is 0 Å². The number of hydrogen-bond acceptors (Lipinski definition) is 3. The normalized spacial score (nSPS) is 12.8. The van der Waals surface area contributed by atoms with Gasteiger partial charge in [-0.25, -0.2) is 4.98 Å². The van der Waals surface area contributed by atoms with Crippen LogP contribution in [-0.4, -0.2) is 4.98 Å². The van der Waals surface area contributed by atoms with Gasteiger partial charge in [-0.3, -0.25) is 4.90 Å². The van der Waals surface area contributed by atoms with Crippen LogP contribution < -0.4 is 9.80 Å². The van der Waals surface area contributed by atoms with Crippen LogP contribution in [0.25, 0.3) is 33.4 Å². The van der Waals surface area contributed by atoms with Crippen molar-refractivity contribution in [2.45, 2.75) is 19.3 Å². The molecule has 0 aliphatic carbocycles. The molecule has 3 nitrogen and oxygen atoms in total. The lowest BCUT2D eigenvalue weighted by molar-refractivity contribution is 0.631. The fourth-order valence-electron chi connectivity index (χ4n) is 7.70. The predicted octanol–water partition coefficient (Wildman–Crippen LogP) is 13.7. The SMILES string of the molecule is CC1(C)c2cc(-c3ccccc3)ccc2N(c2ccc(-c3ccccc3)cn2)c2ccc(N(c3ccccc3)c3ccc(-c4ccccc4)cc3)cc21. The molecule has 7 aromatic carbocycles. The van der Waals surface area contributed by atoms with Gasteiger partial charge < -0.3 is 4.90 Å². The Morgan fingerprint density at radius 2 is 0.830 bits per heavy atom. The molecule has 0 atom stereocenters. The summed E-state index contributed by atoms with van der Waals surface area (Å²) in [5, 5.41) is 0. The van der Waals surface area contributed by atoms with Gasteiger partial charge in [0.25, 0.3) is 0 Å². The van der Waals surface area contributed by atoms with E-state index in [1.54, 1.807) is 0 Å². The summed E-state index contributed by atoms with van der Waals surface area (Å²) in [4.78, 5) is 9.80. The van der Waals surface area contributed by atoms with Gasteiger partial charge in [0.05, 0.1) is 11.4 Å². The standard InChI is InChI=1S/C50H39N3/c1-50(2)45-33-40(37-17-9-4-10-18-37)25-30-47(45)53(49-32-26-41(35-51-49)38-19-11-5-12-20-38)48-31-29-44(34-46(48)50)52(42-21-13-6-14-22-42)43-27-23-39(24-28-43)36-15-7-3-8-16-36/h3-35H,1-2H3. The molecule has 1 aliphatic rings. The summed E-state index contributed by atoms with van der Waals surface area (Å²) in [6.07, 6.45) is 1.99. The minimum atomic E-state index is -0.314. The zero-order chi connectivity index (χ0) is 35.8. The molecule has 1 aliphatic heterocycles. The topological polar surface area (TPSA) is 19.4 Å². The number of nitrogens with zero attached hydrogens (tertiary/aromatic N) is 3. The fourth-order valence-corrected chi connectivity index (χ4v) is 7.70. The van der Waals surface area contributed by atoms with Crippen LogP contribution in [-0.2, 0) is 5.41 Å². The maximum Gasteiger partial charge on any atom is 0.137 e. The molecule has 0 saturated carbocycles. The third kappa shape index (κ3) is 5.96. The average molecular weight is 682 g/mol. The van der Waals surface area contributed by atoms with Crippen molar-refractivity contribution in [2.24, 2.45) is 0 Å². The smallest absolute Gasteiger partial charge is 0.137 e. The zero-order valence-corrected chi connectivity index (χ0v) is 29.9. The number of aromatic nitrogens is 1. The van der Waals surface area contributed by atoms with Gasteiger partial charge in [0, 0.05) is 34.2 Å². The molecule has 1 aromatic heterocycles. The summed E-state index contributed by atoms with van der Waals surface area (Å²) >= 11 is 0. The van der Waals surface area contributed by atoms with Crippen molar-refractivity contribution in [1.82, 2.24) is 4.98 Å². The Kier molecular flexibility index (Phi) is 8.17. The number of para-hydroxylation sites is 1. The van der Waals surface area contributed by atoms with Crippen molar-refractivity contribution in [2.75, 3.05) is 9.80 Å². The maximum atomic E-state index is 5.11. The van der Waals surface area contributed by atoms with Crippen LogP contribution in [0.1, 0.15) is 25.0 Å². The first kappa shape index (κ1) is 32.2. The summed E-state index contributed by atoms with van der Waals surface area (Å²) in [7, 11) is 0. The van der Waals surface area contributed by atoms with Gasteiger partial charge in [-0.05, 0) is 106 Å². The van der Waals surface area contributed by atoms with Crippen LogP contribution in [0.2, 0.25) is 0 Å². The molecule has 53 heavy (non-hydrogen) atoms. The Hall–Kier alpha value is -6.71. The Bertz CT molecular complexity index is 2490. The van der Waals surface area contributed by atoms with E-state index >= 15 is 0 Å². The summed E-state index contributed by atoms with van der Waals surface area (Å²) in [6.45, 7) is 4.71. The van der Waals surface area contributed by atoms with E-state index in [1.165, 1.54) is 33.4 Å². The van der Waals surface area contributed by atoms with E-state index in [0.29, 0.717) is 0 Å². The van der Waals surface area contributed by atoms with E-state index < -0.39 is 0 Å². The average Bonchev–Trinajstić information content (AvgIpc) is 3.23. The highest BCUT2D eigenvalue weighted by molar-refractivity contribution is 5.89. The maximum absolute atomic E-state index is 5.11. The molecule has 0 fully saturated rings. The summed E-state index contributed by atoms with van der Waals surface area (Å²) in [5.74, 6) is 0.888. The molecule has 0 amide bonds. The van der Waals surface area contributed by atoms with Crippen molar-refractivity contribution in [3.63, 3.8) is 0 Å². The molecule has 254 valence electrons. The monoisotopic (exact) mass is 681 g/mol. The second-order valence-electron chi connectivity index (χ2n) is 14.1. The van der Waals surface area contributed by atoms with Crippen molar-refractivity contribution in [3.05, 3.63) is 211 Å². The van der Waals surface area contributed by atoms with E-state index in [4.69, 9.17) is 4.98 Å². The Morgan fingerprint density at radius 1 is 0.396 bits per heavy atom. The van der Waals surface area contributed by atoms with E-state index in [-0.39, 0.29) is 5.41 Å². The number of pyridine rings is 1. The molecule has 2 heterocycles. The number of rotatable bonds is 7. The van der Waals surface area contributed by atoms with Crippen LogP contribution in [0.15, 0.2) is 200 Å². The second kappa shape index (κ2) is 13.4. The molecule has 0 spiro atoms. The highest BCUT2D eigenvalue weighted by atomic mass is 15.2. The molecule has 0 radical (unpaired) electrons. The first-order valence-corrected chi connectivity index (χ1v) is 18.2. The summed E-state index contributed by atoms with van der Waals surface area (Å²) in [6, 6.07) is 69.4. The zero-order valence-electron chi connectivity index (χ0n) is 29.9. The first-order chi connectivity index (χ1) is 26.0. The molecule has 0 unspecified atom stereocenters. The third-order valence-electron chi connectivity index (χ3n) is 10.5. The Balaban J connectivity index is 1.20. The molecule has 0 N–H and O–H groups in total. The van der Waals surface area contributed by atoms with Gasteiger partial charge in [-0.1, -0.05) is 141 Å². The Morgan fingerprint density at radius 3 is 1.42 bits per heavy atom. The van der Waals surface area contributed by atoms with Gasteiger partial charge in [-0.2, -0.15) is 0 Å². The van der Waals surface area contributed by atoms with Crippen LogP contribution in [0.5, 0.6) is 0 Å². The third-order valence-corrected chi connectivity index (χ3v) is 10.5. The quantitative estimate of drug-likeness (QED) is 0.167. The molecular formula is C50H39N3. The van der Waals surface area contributed by atoms with Crippen molar-refractivity contribution >= 4 is 34.3 Å². The first-order valence-electron chi connectivity index (χ1n) is 18.2. The van der Waals surface area contributed by atoms with Crippen LogP contribution in [0, 0.1) is 0 Å². The van der Waals surface area contributed by atoms with Gasteiger partial charge in [0.2, 0.25) is 0 Å². The number of benzene rings is 7. The number of anilines is 6. The van der Waals surface area contributed by atoms with Crippen molar-refractivity contribution in [3.8, 4) is 33.4 Å². The van der Waals surface area contributed by atoms with Crippen LogP contribution in [0.3, 0.4) is 0 Å². The molecular weight excluding hydrogens is 643 g/mol. The van der Waals surface area contributed by atoms with E-state index in [1.807, 2.05) is 12.3 Å². The van der Waals surface area contributed by atoms with E-state index in [2.05, 4.69) is 212 Å². The molecule has 9 rings (SSSR count). The van der Waals surface area contributed by atoms with E-state index in [9.17, 15) is 0 Å². The molecule has 0 saturated heterocycles. The predicted molar refractivity (Wildman–Crippen MR) is 222 cm³/mol. The van der Waals surface area contributed by atoms with Gasteiger partial charge in [0.15, 0.2) is 0 Å². The van der Waals surface area contributed by atoms with Gasteiger partial charge in [0.1, 0.15) is 5.82 Å². The summed E-state index contributed by atoms with van der Waals surface area (Å²) < 4.78 is 0. The van der Waals surface area contributed by atoms with Crippen LogP contribution >= 0.6 is 0 Å². The number of hydrogen-bond donors (Lipinski definition) is 0. The minimum absolute atomic E-state index is 0.314. The van der Waals surface area contributed by atoms with Crippen LogP contribution in [0.4, 0.5) is 34.3 Å². The molecule has 8 aromatic rings. The summed E-state index contributed by atoms with van der Waals surface area (Å²) in [5.41, 5.74) is 14.8. The van der Waals surface area contributed by atoms with E-state index in [0.717, 1.165) is 45.4 Å². The molecule has 3 heteroatoms. The lowest BCUT2D eigenvalue weighted by Gasteiger charge is -2.42. The van der Waals surface area contributed by atoms with Crippen molar-refractivity contribution in [1.29, 1.82) is 0 Å². The minimum Gasteiger partial charge on any atom is -0.310 e. The second-order valence-corrected chi connectivity index (χ2v) is 14.1. The van der Waals surface area contributed by atoms with Crippen molar-refractivity contribution < 1.29 is 0 Å². The Labute approximate surface area is 312 Å². The highest BCUT2D eigenvalue weighted by Crippen LogP contribution is 2.54. The largest absolute Gasteiger partial charge is 0.310 e.